The summed E-state index contributed by atoms with van der Waals surface area (Å²) in [5.41, 5.74) is 0. The van der Waals surface area contributed by atoms with Gasteiger partial charge in [0.2, 0.25) is 11.8 Å². The van der Waals surface area contributed by atoms with E-state index >= 15 is 0 Å². The Kier molecular flexibility index (Phi) is 6.50. The topological polar surface area (TPSA) is 40.6 Å². The molecule has 0 aromatic rings. The highest BCUT2D eigenvalue weighted by molar-refractivity contribution is 5.89. The van der Waals surface area contributed by atoms with Crippen LogP contribution in [-0.4, -0.2) is 46.8 Å². The van der Waals surface area contributed by atoms with E-state index in [2.05, 4.69) is 20.8 Å². The van der Waals surface area contributed by atoms with Crippen molar-refractivity contribution in [3.05, 3.63) is 0 Å². The normalized spacial score (nSPS) is 20.6. The van der Waals surface area contributed by atoms with Crippen molar-refractivity contribution in [2.75, 3.05) is 13.1 Å². The van der Waals surface area contributed by atoms with Crippen LogP contribution in [0.2, 0.25) is 0 Å². The predicted octanol–water partition coefficient (Wildman–Crippen LogP) is 2.67. The van der Waals surface area contributed by atoms with Gasteiger partial charge in [-0.1, -0.05) is 20.3 Å². The van der Waals surface area contributed by atoms with E-state index in [1.54, 1.807) is 0 Å². The number of carbonyl (C=O) groups excluding carboxylic acids is 2. The first kappa shape index (κ1) is 17.0. The zero-order valence-electron chi connectivity index (χ0n) is 13.7. The summed E-state index contributed by atoms with van der Waals surface area (Å²) in [6, 6.07) is 0.449. The number of rotatable bonds is 7. The average molecular weight is 282 g/mol. The predicted molar refractivity (Wildman–Crippen MR) is 81.3 cm³/mol. The van der Waals surface area contributed by atoms with Crippen LogP contribution in [0.5, 0.6) is 0 Å². The lowest BCUT2D eigenvalue weighted by atomic mass is 10.0. The van der Waals surface area contributed by atoms with E-state index < -0.39 is 0 Å². The van der Waals surface area contributed by atoms with Gasteiger partial charge in [0.1, 0.15) is 0 Å². The molecule has 2 unspecified atom stereocenters. The van der Waals surface area contributed by atoms with E-state index in [1.807, 2.05) is 23.6 Å². The Morgan fingerprint density at radius 2 is 2.00 bits per heavy atom. The van der Waals surface area contributed by atoms with E-state index in [9.17, 15) is 9.59 Å². The molecule has 2 amide bonds. The van der Waals surface area contributed by atoms with Gasteiger partial charge in [0.05, 0.1) is 5.92 Å². The summed E-state index contributed by atoms with van der Waals surface area (Å²) in [4.78, 5) is 28.5. The molecule has 4 nitrogen and oxygen atoms in total. The van der Waals surface area contributed by atoms with Crippen LogP contribution in [0.15, 0.2) is 0 Å². The van der Waals surface area contributed by atoms with Crippen molar-refractivity contribution in [3.63, 3.8) is 0 Å². The van der Waals surface area contributed by atoms with Crippen LogP contribution < -0.4 is 0 Å². The molecule has 4 heteroatoms. The van der Waals surface area contributed by atoms with Crippen LogP contribution >= 0.6 is 0 Å². The Morgan fingerprint density at radius 1 is 1.35 bits per heavy atom. The van der Waals surface area contributed by atoms with Gasteiger partial charge in [-0.3, -0.25) is 9.59 Å². The van der Waals surface area contributed by atoms with Crippen LogP contribution in [-0.2, 0) is 9.59 Å². The first-order chi connectivity index (χ1) is 9.42. The Labute approximate surface area is 123 Å². The fourth-order valence-corrected chi connectivity index (χ4v) is 2.73. The third-order valence-electron chi connectivity index (χ3n) is 4.29. The highest BCUT2D eigenvalue weighted by Gasteiger charge is 2.38. The highest BCUT2D eigenvalue weighted by atomic mass is 16.2. The number of unbranched alkanes of at least 4 members (excludes halogenated alkanes) is 1. The van der Waals surface area contributed by atoms with Crippen LogP contribution in [0, 0.1) is 5.92 Å². The molecule has 0 spiro atoms. The molecule has 0 aromatic carbocycles. The van der Waals surface area contributed by atoms with Crippen LogP contribution in [0.3, 0.4) is 0 Å². The van der Waals surface area contributed by atoms with Crippen molar-refractivity contribution in [1.29, 1.82) is 0 Å². The van der Waals surface area contributed by atoms with Crippen LogP contribution in [0.1, 0.15) is 60.3 Å². The van der Waals surface area contributed by atoms with Gasteiger partial charge in [0.25, 0.3) is 0 Å². The third kappa shape index (κ3) is 3.97. The standard InChI is InChI=1S/C16H30N2O2/c1-6-8-9-17(13(5)7-2)16(20)14-10-15(19)18(11-14)12(3)4/h12-14H,6-11H2,1-5H3. The number of amides is 2. The molecule has 0 aromatic heterocycles. The largest absolute Gasteiger partial charge is 0.340 e. The van der Waals surface area contributed by atoms with E-state index in [4.69, 9.17) is 0 Å². The summed E-state index contributed by atoms with van der Waals surface area (Å²) in [5, 5.41) is 0. The van der Waals surface area contributed by atoms with Crippen molar-refractivity contribution < 1.29 is 9.59 Å². The van der Waals surface area contributed by atoms with Gasteiger partial charge in [-0.15, -0.1) is 0 Å². The molecule has 0 radical (unpaired) electrons. The lowest BCUT2D eigenvalue weighted by molar-refractivity contribution is -0.138. The fraction of sp³-hybridized carbons (Fsp3) is 0.875. The number of nitrogens with zero attached hydrogens (tertiary/aromatic N) is 2. The zero-order valence-corrected chi connectivity index (χ0v) is 13.7. The van der Waals surface area contributed by atoms with Crippen molar-refractivity contribution in [1.82, 2.24) is 9.80 Å². The van der Waals surface area contributed by atoms with Crippen LogP contribution in [0.25, 0.3) is 0 Å². The monoisotopic (exact) mass is 282 g/mol. The molecule has 0 aliphatic carbocycles. The molecule has 1 saturated heterocycles. The molecule has 0 bridgehead atoms. The molecular formula is C16H30N2O2. The molecule has 2 atom stereocenters. The molecule has 0 N–H and O–H groups in total. The second-order valence-corrected chi connectivity index (χ2v) is 6.18. The van der Waals surface area contributed by atoms with Gasteiger partial charge in [-0.25, -0.2) is 0 Å². The lowest BCUT2D eigenvalue weighted by Gasteiger charge is -2.31. The molecule has 20 heavy (non-hydrogen) atoms. The average Bonchev–Trinajstić information content (AvgIpc) is 2.80. The molecule has 1 rings (SSSR count). The summed E-state index contributed by atoms with van der Waals surface area (Å²) in [5.74, 6) is 0.151. The zero-order chi connectivity index (χ0) is 15.3. The molecule has 116 valence electrons. The van der Waals surface area contributed by atoms with Crippen molar-refractivity contribution in [3.8, 4) is 0 Å². The van der Waals surface area contributed by atoms with E-state index in [1.165, 1.54) is 0 Å². The van der Waals surface area contributed by atoms with Gasteiger partial charge in [-0.2, -0.15) is 0 Å². The maximum atomic E-state index is 12.7. The van der Waals surface area contributed by atoms with Gasteiger partial charge in [0.15, 0.2) is 0 Å². The van der Waals surface area contributed by atoms with Gasteiger partial charge in [0, 0.05) is 31.6 Å². The van der Waals surface area contributed by atoms with Gasteiger partial charge in [-0.05, 0) is 33.6 Å². The smallest absolute Gasteiger partial charge is 0.228 e. The highest BCUT2D eigenvalue weighted by Crippen LogP contribution is 2.23. The summed E-state index contributed by atoms with van der Waals surface area (Å²) >= 11 is 0. The fourth-order valence-electron chi connectivity index (χ4n) is 2.73. The summed E-state index contributed by atoms with van der Waals surface area (Å²) in [6.07, 6.45) is 3.46. The first-order valence-corrected chi connectivity index (χ1v) is 8.02. The van der Waals surface area contributed by atoms with Crippen molar-refractivity contribution >= 4 is 11.8 Å². The molecular weight excluding hydrogens is 252 g/mol. The number of likely N-dealkylation sites (tertiary alicyclic amines) is 1. The number of hydrogen-bond acceptors (Lipinski definition) is 2. The maximum Gasteiger partial charge on any atom is 0.228 e. The van der Waals surface area contributed by atoms with Gasteiger partial charge >= 0.3 is 0 Å². The minimum atomic E-state index is -0.143. The third-order valence-corrected chi connectivity index (χ3v) is 4.29. The number of carbonyl (C=O) groups is 2. The second-order valence-electron chi connectivity index (χ2n) is 6.18. The summed E-state index contributed by atoms with van der Waals surface area (Å²) in [7, 11) is 0. The van der Waals surface area contributed by atoms with E-state index in [-0.39, 0.29) is 29.8 Å². The Hall–Kier alpha value is -1.06. The van der Waals surface area contributed by atoms with Gasteiger partial charge < -0.3 is 9.80 Å². The molecule has 1 heterocycles. The Morgan fingerprint density at radius 3 is 2.45 bits per heavy atom. The van der Waals surface area contributed by atoms with Crippen LogP contribution in [0.4, 0.5) is 0 Å². The second kappa shape index (κ2) is 7.65. The quantitative estimate of drug-likeness (QED) is 0.720. The minimum absolute atomic E-state index is 0.123. The molecule has 1 aliphatic heterocycles. The molecule has 0 saturated carbocycles. The Bertz CT molecular complexity index is 341. The van der Waals surface area contributed by atoms with Crippen molar-refractivity contribution in [2.24, 2.45) is 5.92 Å². The summed E-state index contributed by atoms with van der Waals surface area (Å²) in [6.45, 7) is 11.8. The van der Waals surface area contributed by atoms with E-state index in [0.29, 0.717) is 13.0 Å². The van der Waals surface area contributed by atoms with E-state index in [0.717, 1.165) is 25.8 Å². The molecule has 1 fully saturated rings. The lowest BCUT2D eigenvalue weighted by Crippen LogP contribution is -2.43. The number of hydrogen-bond donors (Lipinski definition) is 0. The summed E-state index contributed by atoms with van der Waals surface area (Å²) < 4.78 is 0. The van der Waals surface area contributed by atoms with Crippen molar-refractivity contribution in [2.45, 2.75) is 72.4 Å². The minimum Gasteiger partial charge on any atom is -0.340 e. The maximum absolute atomic E-state index is 12.7. The SMILES string of the molecule is CCCCN(C(=O)C1CC(=O)N(C(C)C)C1)C(C)CC. The Balaban J connectivity index is 2.73. The first-order valence-electron chi connectivity index (χ1n) is 8.02. The molecule has 1 aliphatic rings.